The number of carbonyl (C=O) groups is 1. The summed E-state index contributed by atoms with van der Waals surface area (Å²) in [5, 5.41) is 4.46. The van der Waals surface area contributed by atoms with Crippen LogP contribution < -0.4 is 4.74 Å². The molecule has 0 fully saturated rings. The van der Waals surface area contributed by atoms with Crippen LogP contribution in [0.3, 0.4) is 0 Å². The first-order chi connectivity index (χ1) is 9.63. The monoisotopic (exact) mass is 336 g/mol. The van der Waals surface area contributed by atoms with Crippen LogP contribution >= 0.6 is 15.9 Å². The lowest BCUT2D eigenvalue weighted by Gasteiger charge is -2.09. The van der Waals surface area contributed by atoms with E-state index in [1.54, 1.807) is 12.1 Å². The molecule has 0 spiro atoms. The zero-order valence-electron chi connectivity index (χ0n) is 11.5. The highest BCUT2D eigenvalue weighted by atomic mass is 79.9. The van der Waals surface area contributed by atoms with Crippen molar-refractivity contribution in [2.75, 3.05) is 0 Å². The summed E-state index contributed by atoms with van der Waals surface area (Å²) in [4.78, 5) is 11.0. The number of rotatable bonds is 6. The molecule has 0 aliphatic carbocycles. The second-order valence-electron chi connectivity index (χ2n) is 4.63. The molecule has 1 heterocycles. The Morgan fingerprint density at radius 2 is 2.25 bits per heavy atom. The predicted molar refractivity (Wildman–Crippen MR) is 81.1 cm³/mol. The van der Waals surface area contributed by atoms with Crippen molar-refractivity contribution in [1.29, 1.82) is 0 Å². The molecule has 1 aromatic heterocycles. The van der Waals surface area contributed by atoms with E-state index < -0.39 is 0 Å². The molecule has 2 aromatic rings. The standard InChI is InChI=1S/C15H17BrN2O2/c1-3-11(2)18-7-6-14(17-18)10-20-15-5-4-13(16)8-12(15)9-19/h4-9,11H,3,10H2,1-2H3. The predicted octanol–water partition coefficient (Wildman–Crippen LogP) is 4.01. The summed E-state index contributed by atoms with van der Waals surface area (Å²) in [5.41, 5.74) is 1.38. The summed E-state index contributed by atoms with van der Waals surface area (Å²) < 4.78 is 8.45. The highest BCUT2D eigenvalue weighted by Gasteiger charge is 2.07. The molecule has 0 bridgehead atoms. The van der Waals surface area contributed by atoms with Crippen LogP contribution in [0.5, 0.6) is 5.75 Å². The van der Waals surface area contributed by atoms with Crippen molar-refractivity contribution >= 4 is 22.2 Å². The maximum Gasteiger partial charge on any atom is 0.153 e. The first kappa shape index (κ1) is 14.8. The number of hydrogen-bond acceptors (Lipinski definition) is 3. The molecular formula is C15H17BrN2O2. The normalized spacial score (nSPS) is 12.2. The van der Waals surface area contributed by atoms with E-state index in [-0.39, 0.29) is 0 Å². The topological polar surface area (TPSA) is 44.1 Å². The molecule has 1 atom stereocenters. The smallest absolute Gasteiger partial charge is 0.153 e. The largest absolute Gasteiger partial charge is 0.486 e. The van der Waals surface area contributed by atoms with Gasteiger partial charge in [0.2, 0.25) is 0 Å². The van der Waals surface area contributed by atoms with E-state index in [1.807, 2.05) is 23.0 Å². The molecule has 5 heteroatoms. The fraction of sp³-hybridized carbons (Fsp3) is 0.333. The molecule has 4 nitrogen and oxygen atoms in total. The van der Waals surface area contributed by atoms with Crippen LogP contribution in [0.4, 0.5) is 0 Å². The molecule has 1 aromatic carbocycles. The van der Waals surface area contributed by atoms with E-state index in [1.165, 1.54) is 0 Å². The molecule has 2 rings (SSSR count). The third-order valence-corrected chi connectivity index (χ3v) is 3.67. The zero-order valence-corrected chi connectivity index (χ0v) is 13.1. The van der Waals surface area contributed by atoms with Crippen molar-refractivity contribution < 1.29 is 9.53 Å². The SMILES string of the molecule is CCC(C)n1ccc(COc2ccc(Br)cc2C=O)n1. The van der Waals surface area contributed by atoms with Crippen molar-refractivity contribution in [2.24, 2.45) is 0 Å². The number of halogens is 1. The van der Waals surface area contributed by atoms with Gasteiger partial charge in [-0.3, -0.25) is 9.48 Å². The van der Waals surface area contributed by atoms with Crippen LogP contribution in [0.15, 0.2) is 34.9 Å². The third-order valence-electron chi connectivity index (χ3n) is 3.18. The molecular weight excluding hydrogens is 320 g/mol. The quantitative estimate of drug-likeness (QED) is 0.748. The number of ether oxygens (including phenoxy) is 1. The van der Waals surface area contributed by atoms with Gasteiger partial charge in [0.05, 0.1) is 11.3 Å². The summed E-state index contributed by atoms with van der Waals surface area (Å²) in [6, 6.07) is 7.67. The lowest BCUT2D eigenvalue weighted by Crippen LogP contribution is -2.06. The van der Waals surface area contributed by atoms with Crippen molar-refractivity contribution in [2.45, 2.75) is 32.9 Å². The second-order valence-corrected chi connectivity index (χ2v) is 5.55. The van der Waals surface area contributed by atoms with E-state index in [2.05, 4.69) is 34.9 Å². The molecule has 0 saturated heterocycles. The van der Waals surface area contributed by atoms with Crippen LogP contribution in [-0.2, 0) is 6.61 Å². The van der Waals surface area contributed by atoms with Gasteiger partial charge in [-0.15, -0.1) is 0 Å². The highest BCUT2D eigenvalue weighted by molar-refractivity contribution is 9.10. The van der Waals surface area contributed by atoms with Gasteiger partial charge in [-0.1, -0.05) is 22.9 Å². The molecule has 1 unspecified atom stereocenters. The Bertz CT molecular complexity index is 595. The van der Waals surface area contributed by atoms with Gasteiger partial charge in [-0.25, -0.2) is 0 Å². The lowest BCUT2D eigenvalue weighted by molar-refractivity contribution is 0.111. The Morgan fingerprint density at radius 1 is 1.45 bits per heavy atom. The first-order valence-electron chi connectivity index (χ1n) is 6.55. The molecule has 0 N–H and O–H groups in total. The molecule has 0 radical (unpaired) electrons. The van der Waals surface area contributed by atoms with Gasteiger partial charge in [-0.05, 0) is 37.6 Å². The van der Waals surface area contributed by atoms with Crippen molar-refractivity contribution in [3.8, 4) is 5.75 Å². The average Bonchev–Trinajstić information content (AvgIpc) is 2.93. The van der Waals surface area contributed by atoms with E-state index in [0.717, 1.165) is 22.9 Å². The molecule has 106 valence electrons. The fourth-order valence-corrected chi connectivity index (χ4v) is 2.16. The van der Waals surface area contributed by atoms with Gasteiger partial charge in [0, 0.05) is 16.7 Å². The number of aromatic nitrogens is 2. The summed E-state index contributed by atoms with van der Waals surface area (Å²) >= 11 is 3.33. The van der Waals surface area contributed by atoms with Gasteiger partial charge in [0.1, 0.15) is 12.4 Å². The minimum absolute atomic E-state index is 0.353. The Kier molecular flexibility index (Phi) is 4.95. The Balaban J connectivity index is 2.05. The highest BCUT2D eigenvalue weighted by Crippen LogP contribution is 2.22. The number of carbonyl (C=O) groups excluding carboxylic acids is 1. The zero-order chi connectivity index (χ0) is 14.5. The minimum atomic E-state index is 0.353. The van der Waals surface area contributed by atoms with Gasteiger partial charge in [-0.2, -0.15) is 5.10 Å². The first-order valence-corrected chi connectivity index (χ1v) is 7.35. The van der Waals surface area contributed by atoms with Crippen LogP contribution in [0.25, 0.3) is 0 Å². The number of nitrogens with zero attached hydrogens (tertiary/aromatic N) is 2. The van der Waals surface area contributed by atoms with Crippen molar-refractivity contribution in [1.82, 2.24) is 9.78 Å². The van der Waals surface area contributed by atoms with E-state index in [0.29, 0.717) is 24.0 Å². The van der Waals surface area contributed by atoms with Crippen molar-refractivity contribution in [3.05, 3.63) is 46.2 Å². The lowest BCUT2D eigenvalue weighted by atomic mass is 10.2. The summed E-state index contributed by atoms with van der Waals surface area (Å²) in [5.74, 6) is 0.571. The van der Waals surface area contributed by atoms with Crippen LogP contribution in [0.1, 0.15) is 42.4 Å². The van der Waals surface area contributed by atoms with Crippen LogP contribution in [0, 0.1) is 0 Å². The molecule has 0 aliphatic rings. The Hall–Kier alpha value is -1.62. The molecule has 0 aliphatic heterocycles. The maximum absolute atomic E-state index is 11.0. The summed E-state index contributed by atoms with van der Waals surface area (Å²) in [6.45, 7) is 4.60. The van der Waals surface area contributed by atoms with E-state index in [9.17, 15) is 4.79 Å². The maximum atomic E-state index is 11.0. The average molecular weight is 337 g/mol. The fourth-order valence-electron chi connectivity index (χ4n) is 1.78. The van der Waals surface area contributed by atoms with E-state index in [4.69, 9.17) is 4.74 Å². The second kappa shape index (κ2) is 6.70. The van der Waals surface area contributed by atoms with Crippen LogP contribution in [0.2, 0.25) is 0 Å². The summed E-state index contributed by atoms with van der Waals surface area (Å²) in [7, 11) is 0. The van der Waals surface area contributed by atoms with Crippen molar-refractivity contribution in [3.63, 3.8) is 0 Å². The van der Waals surface area contributed by atoms with E-state index >= 15 is 0 Å². The Labute approximate surface area is 126 Å². The molecule has 20 heavy (non-hydrogen) atoms. The molecule has 0 amide bonds. The van der Waals surface area contributed by atoms with Gasteiger partial charge >= 0.3 is 0 Å². The van der Waals surface area contributed by atoms with Gasteiger partial charge < -0.3 is 4.74 Å². The minimum Gasteiger partial charge on any atom is -0.486 e. The third kappa shape index (κ3) is 3.48. The van der Waals surface area contributed by atoms with Crippen LogP contribution in [-0.4, -0.2) is 16.1 Å². The van der Waals surface area contributed by atoms with Gasteiger partial charge in [0.25, 0.3) is 0 Å². The number of benzene rings is 1. The summed E-state index contributed by atoms with van der Waals surface area (Å²) in [6.07, 6.45) is 3.77. The Morgan fingerprint density at radius 3 is 2.95 bits per heavy atom. The number of aldehydes is 1. The number of hydrogen-bond donors (Lipinski definition) is 0. The molecule has 0 saturated carbocycles. The van der Waals surface area contributed by atoms with Gasteiger partial charge in [0.15, 0.2) is 6.29 Å².